The molecule has 3 rings (SSSR count). The van der Waals surface area contributed by atoms with Gasteiger partial charge in [-0.25, -0.2) is 8.98 Å². The standard InChI is InChI=1S/C24H43N3O8SSi2/c1-12-15-13-27(21(29)26-18(15)28)19-17(33-37(8,9)22(2,3)4)24(16(25)14-36(30,31)35-24)20(32-19)34-38(10,11)23(5,6)7/h13-14,17,19-20H,12,25H2,1-11H3,(H,26,28,29)/t17-,19+,20+,24?/m0/s1. The fourth-order valence-corrected chi connectivity index (χ4v) is 7.52. The summed E-state index contributed by atoms with van der Waals surface area (Å²) in [5, 5.41) is 0.291. The van der Waals surface area contributed by atoms with Gasteiger partial charge in [0.2, 0.25) is 5.60 Å². The zero-order chi connectivity index (χ0) is 29.3. The number of nitrogens with one attached hydrogen (secondary N) is 1. The predicted molar refractivity (Wildman–Crippen MR) is 150 cm³/mol. The molecule has 2 aliphatic heterocycles. The van der Waals surface area contributed by atoms with Crippen molar-refractivity contribution in [2.24, 2.45) is 5.73 Å². The van der Waals surface area contributed by atoms with Gasteiger partial charge in [0.1, 0.15) is 6.10 Å². The van der Waals surface area contributed by atoms with Crippen LogP contribution in [0.5, 0.6) is 0 Å². The Kier molecular flexibility index (Phi) is 7.76. The molecule has 0 aliphatic carbocycles. The van der Waals surface area contributed by atoms with Gasteiger partial charge in [0.25, 0.3) is 15.7 Å². The van der Waals surface area contributed by atoms with Gasteiger partial charge in [-0.15, -0.1) is 0 Å². The molecule has 4 atom stereocenters. The molecule has 1 aromatic heterocycles. The summed E-state index contributed by atoms with van der Waals surface area (Å²) in [5.41, 5.74) is 3.57. The first-order valence-electron chi connectivity index (χ1n) is 12.8. The highest BCUT2D eigenvalue weighted by atomic mass is 32.2. The Labute approximate surface area is 227 Å². The van der Waals surface area contributed by atoms with E-state index in [0.29, 0.717) is 12.0 Å². The highest BCUT2D eigenvalue weighted by Crippen LogP contribution is 2.53. The van der Waals surface area contributed by atoms with Crippen LogP contribution in [-0.2, 0) is 34.3 Å². The summed E-state index contributed by atoms with van der Waals surface area (Å²) >= 11 is 0. The molecule has 0 saturated carbocycles. The van der Waals surface area contributed by atoms with Crippen molar-refractivity contribution < 1.29 is 26.2 Å². The number of H-pyrrole nitrogens is 1. The van der Waals surface area contributed by atoms with Crippen LogP contribution < -0.4 is 17.0 Å². The van der Waals surface area contributed by atoms with Crippen LogP contribution in [0, 0.1) is 0 Å². The molecule has 1 fully saturated rings. The molecule has 1 spiro atoms. The van der Waals surface area contributed by atoms with Gasteiger partial charge < -0.3 is 19.3 Å². The second-order valence-electron chi connectivity index (χ2n) is 13.2. The molecule has 11 nitrogen and oxygen atoms in total. The Morgan fingerprint density at radius 3 is 2.03 bits per heavy atom. The van der Waals surface area contributed by atoms with Gasteiger partial charge >= 0.3 is 5.69 Å². The molecule has 216 valence electrons. The Hall–Kier alpha value is -1.56. The van der Waals surface area contributed by atoms with E-state index in [1.807, 2.05) is 67.7 Å². The third-order valence-corrected chi connectivity index (χ3v) is 18.3. The number of rotatable bonds is 6. The Balaban J connectivity index is 2.32. The molecule has 2 aliphatic rings. The number of hydrogen-bond acceptors (Lipinski definition) is 9. The molecule has 0 amide bonds. The van der Waals surface area contributed by atoms with Gasteiger partial charge in [-0.2, -0.15) is 8.42 Å². The fourth-order valence-electron chi connectivity index (χ4n) is 3.92. The molecule has 1 aromatic rings. The summed E-state index contributed by atoms with van der Waals surface area (Å²) < 4.78 is 52.5. The van der Waals surface area contributed by atoms with E-state index in [9.17, 15) is 18.0 Å². The van der Waals surface area contributed by atoms with Crippen LogP contribution in [0.4, 0.5) is 0 Å². The third-order valence-electron chi connectivity index (χ3n) is 8.40. The van der Waals surface area contributed by atoms with E-state index >= 15 is 0 Å². The molecule has 1 unspecified atom stereocenters. The van der Waals surface area contributed by atoms with Crippen LogP contribution in [0.3, 0.4) is 0 Å². The van der Waals surface area contributed by atoms with Gasteiger partial charge in [-0.05, 0) is 42.7 Å². The van der Waals surface area contributed by atoms with Crippen molar-refractivity contribution in [2.75, 3.05) is 0 Å². The maximum absolute atomic E-state index is 13.1. The molecule has 0 bridgehead atoms. The van der Waals surface area contributed by atoms with E-state index in [0.717, 1.165) is 5.41 Å². The SMILES string of the molecule is CCc1cn([C@@H]2O[C@H](O[Si](C)(C)C(C)(C)C)C3(OS(=O)(=O)C=C3N)[C@H]2O[Si](C)(C)C(C)(C)C)c(=O)[nH]c1=O. The van der Waals surface area contributed by atoms with Gasteiger partial charge in [0.05, 0.1) is 11.1 Å². The average molecular weight is 590 g/mol. The maximum Gasteiger partial charge on any atom is 0.330 e. The van der Waals surface area contributed by atoms with Gasteiger partial charge in [-0.1, -0.05) is 48.5 Å². The smallest absolute Gasteiger partial charge is 0.330 e. The van der Waals surface area contributed by atoms with E-state index in [2.05, 4.69) is 4.98 Å². The Bertz CT molecular complexity index is 1340. The van der Waals surface area contributed by atoms with Crippen molar-refractivity contribution in [1.82, 2.24) is 9.55 Å². The predicted octanol–water partition coefficient (Wildman–Crippen LogP) is 3.27. The van der Waals surface area contributed by atoms with E-state index in [-0.39, 0.29) is 15.8 Å². The highest BCUT2D eigenvalue weighted by molar-refractivity contribution is 7.90. The monoisotopic (exact) mass is 589 g/mol. The molecule has 1 saturated heterocycles. The molecular formula is C24H43N3O8SSi2. The summed E-state index contributed by atoms with van der Waals surface area (Å²) in [5.74, 6) is 0. The molecule has 0 aromatic carbocycles. The minimum Gasteiger partial charge on any atom is -0.406 e. The lowest BCUT2D eigenvalue weighted by Gasteiger charge is -2.44. The first kappa shape index (κ1) is 31.0. The van der Waals surface area contributed by atoms with E-state index in [1.165, 1.54) is 10.8 Å². The molecule has 3 heterocycles. The van der Waals surface area contributed by atoms with Crippen molar-refractivity contribution in [3.05, 3.63) is 43.7 Å². The molecule has 14 heteroatoms. The maximum atomic E-state index is 13.1. The first-order valence-corrected chi connectivity index (χ1v) is 20.1. The number of aromatic nitrogens is 2. The summed E-state index contributed by atoms with van der Waals surface area (Å²) in [7, 11) is -9.48. The first-order chi connectivity index (χ1) is 17.0. The average Bonchev–Trinajstić information content (AvgIpc) is 3.13. The van der Waals surface area contributed by atoms with Crippen LogP contribution in [0.2, 0.25) is 36.3 Å². The number of nitrogens with zero attached hydrogens (tertiary/aromatic N) is 1. The number of hydrogen-bond donors (Lipinski definition) is 2. The lowest BCUT2D eigenvalue weighted by molar-refractivity contribution is -0.147. The van der Waals surface area contributed by atoms with Gasteiger partial charge in [-0.3, -0.25) is 14.3 Å². The van der Waals surface area contributed by atoms with E-state index in [4.69, 9.17) is 23.5 Å². The molecule has 3 N–H and O–H groups in total. The van der Waals surface area contributed by atoms with Gasteiger partial charge in [0, 0.05) is 11.8 Å². The lowest BCUT2D eigenvalue weighted by Crippen LogP contribution is -2.60. The quantitative estimate of drug-likeness (QED) is 0.376. The van der Waals surface area contributed by atoms with Crippen LogP contribution in [0.15, 0.2) is 26.9 Å². The summed E-state index contributed by atoms with van der Waals surface area (Å²) in [6.45, 7) is 22.0. The summed E-state index contributed by atoms with van der Waals surface area (Å²) in [6.07, 6.45) is -1.91. The van der Waals surface area contributed by atoms with Crippen LogP contribution in [-0.4, -0.2) is 52.6 Å². The highest BCUT2D eigenvalue weighted by Gasteiger charge is 2.69. The van der Waals surface area contributed by atoms with Crippen molar-refractivity contribution in [3.63, 3.8) is 0 Å². The third kappa shape index (κ3) is 5.28. The second kappa shape index (κ2) is 9.52. The van der Waals surface area contributed by atoms with Crippen LogP contribution >= 0.6 is 0 Å². The molecular weight excluding hydrogens is 547 g/mol. The Morgan fingerprint density at radius 1 is 1.05 bits per heavy atom. The van der Waals surface area contributed by atoms with Crippen LogP contribution in [0.1, 0.15) is 60.3 Å². The van der Waals surface area contributed by atoms with Gasteiger partial charge in [0.15, 0.2) is 29.2 Å². The number of ether oxygens (including phenoxy) is 1. The molecule has 38 heavy (non-hydrogen) atoms. The van der Waals surface area contributed by atoms with Crippen molar-refractivity contribution in [1.29, 1.82) is 0 Å². The number of aromatic amines is 1. The zero-order valence-corrected chi connectivity index (χ0v) is 27.1. The van der Waals surface area contributed by atoms with E-state index in [1.54, 1.807) is 6.92 Å². The molecule has 0 radical (unpaired) electrons. The minimum absolute atomic E-state index is 0.124. The lowest BCUT2D eigenvalue weighted by atomic mass is 9.94. The number of nitrogens with two attached hydrogens (primary N) is 1. The van der Waals surface area contributed by atoms with Crippen molar-refractivity contribution in [3.8, 4) is 0 Å². The van der Waals surface area contributed by atoms with Crippen LogP contribution in [0.25, 0.3) is 0 Å². The Morgan fingerprint density at radius 2 is 1.58 bits per heavy atom. The largest absolute Gasteiger partial charge is 0.406 e. The van der Waals surface area contributed by atoms with E-state index < -0.39 is 62.2 Å². The number of aryl methyl sites for hydroxylation is 1. The normalized spacial score (nSPS) is 28.2. The van der Waals surface area contributed by atoms with Crippen molar-refractivity contribution >= 4 is 26.8 Å². The van der Waals surface area contributed by atoms with Crippen molar-refractivity contribution in [2.45, 2.75) is 115 Å². The topological polar surface area (TPSA) is 152 Å². The summed E-state index contributed by atoms with van der Waals surface area (Å²) in [6, 6.07) is 0. The fraction of sp³-hybridized carbons (Fsp3) is 0.750. The summed E-state index contributed by atoms with van der Waals surface area (Å²) in [4.78, 5) is 27.8. The second-order valence-corrected chi connectivity index (χ2v) is 24.1. The zero-order valence-electron chi connectivity index (χ0n) is 24.3. The minimum atomic E-state index is -4.21.